The van der Waals surface area contributed by atoms with Crippen molar-refractivity contribution < 1.29 is 14.2 Å². The van der Waals surface area contributed by atoms with Gasteiger partial charge in [0.1, 0.15) is 5.82 Å². The topological polar surface area (TPSA) is 42.4 Å². The molecular weight excluding hydrogens is 233 g/mol. The fourth-order valence-electron chi connectivity index (χ4n) is 1.76. The van der Waals surface area contributed by atoms with E-state index in [0.29, 0.717) is 18.1 Å². The highest BCUT2D eigenvalue weighted by atomic mass is 19.1. The molecule has 0 unspecified atom stereocenters. The second-order valence-electron chi connectivity index (χ2n) is 4.39. The van der Waals surface area contributed by atoms with Crippen LogP contribution in [0, 0.1) is 5.82 Å². The summed E-state index contributed by atoms with van der Waals surface area (Å²) in [5.74, 6) is -0.113. The van der Waals surface area contributed by atoms with Crippen LogP contribution in [0.2, 0.25) is 0 Å². The van der Waals surface area contributed by atoms with E-state index in [2.05, 4.69) is 11.9 Å². The smallest absolute Gasteiger partial charge is 0.219 e. The van der Waals surface area contributed by atoms with Crippen LogP contribution < -0.4 is 4.74 Å². The van der Waals surface area contributed by atoms with Crippen molar-refractivity contribution in [2.75, 3.05) is 6.61 Å². The minimum atomic E-state index is -0.453. The van der Waals surface area contributed by atoms with Crippen LogP contribution in [-0.4, -0.2) is 16.7 Å². The van der Waals surface area contributed by atoms with Gasteiger partial charge >= 0.3 is 0 Å². The van der Waals surface area contributed by atoms with Crippen LogP contribution in [0.5, 0.6) is 5.88 Å². The third-order valence-electron chi connectivity index (χ3n) is 2.80. The number of ether oxygens (including phenoxy) is 1. The monoisotopic (exact) mass is 255 g/mol. The average molecular weight is 255 g/mol. The van der Waals surface area contributed by atoms with Gasteiger partial charge in [-0.25, -0.2) is 9.37 Å². The summed E-state index contributed by atoms with van der Waals surface area (Å²) in [6.07, 6.45) is 8.23. The Morgan fingerprint density at radius 1 is 1.22 bits per heavy atom. The third-order valence-corrected chi connectivity index (χ3v) is 2.80. The van der Waals surface area contributed by atoms with Crippen LogP contribution in [0.4, 0.5) is 4.39 Å². The van der Waals surface area contributed by atoms with Gasteiger partial charge in [-0.2, -0.15) is 0 Å². The average Bonchev–Trinajstić information content (AvgIpc) is 2.39. The highest BCUT2D eigenvalue weighted by Gasteiger charge is 2.05. The van der Waals surface area contributed by atoms with Gasteiger partial charge in [0.05, 0.1) is 19.4 Å². The molecule has 4 heteroatoms. The van der Waals surface area contributed by atoms with E-state index < -0.39 is 5.82 Å². The lowest BCUT2D eigenvalue weighted by Gasteiger charge is -2.08. The fourth-order valence-corrected chi connectivity index (χ4v) is 1.76. The predicted molar refractivity (Wildman–Crippen MR) is 69.0 cm³/mol. The van der Waals surface area contributed by atoms with E-state index in [9.17, 15) is 4.39 Å². The van der Waals surface area contributed by atoms with Gasteiger partial charge in [-0.05, 0) is 12.5 Å². The molecule has 0 saturated heterocycles. The third kappa shape index (κ3) is 5.45. The Kier molecular flexibility index (Phi) is 7.34. The number of unbranched alkanes of at least 4 members (excludes halogenated alkanes) is 5. The molecule has 0 amide bonds. The van der Waals surface area contributed by atoms with E-state index in [-0.39, 0.29) is 6.61 Å². The molecule has 0 aliphatic carbocycles. The van der Waals surface area contributed by atoms with Gasteiger partial charge < -0.3 is 9.84 Å². The molecule has 0 radical (unpaired) electrons. The summed E-state index contributed by atoms with van der Waals surface area (Å²) in [6.45, 7) is 2.51. The summed E-state index contributed by atoms with van der Waals surface area (Å²) in [5, 5.41) is 9.06. The van der Waals surface area contributed by atoms with Crippen LogP contribution in [0.15, 0.2) is 12.3 Å². The molecule has 1 aromatic heterocycles. The van der Waals surface area contributed by atoms with Crippen molar-refractivity contribution in [1.29, 1.82) is 0 Å². The standard InChI is InChI=1S/C14H22FNO2/c1-2-3-4-5-6-7-8-18-14-12(11-17)9-13(15)10-16-14/h9-10,17H,2-8,11H2,1H3. The first kappa shape index (κ1) is 14.9. The molecular formula is C14H22FNO2. The second kappa shape index (κ2) is 8.86. The molecule has 0 saturated carbocycles. The zero-order valence-electron chi connectivity index (χ0n) is 11.0. The van der Waals surface area contributed by atoms with Gasteiger partial charge in [0.2, 0.25) is 5.88 Å². The molecule has 0 fully saturated rings. The quantitative estimate of drug-likeness (QED) is 0.687. The first-order valence-electron chi connectivity index (χ1n) is 6.66. The molecule has 0 aromatic carbocycles. The van der Waals surface area contributed by atoms with Crippen LogP contribution in [0.25, 0.3) is 0 Å². The van der Waals surface area contributed by atoms with E-state index in [0.717, 1.165) is 19.0 Å². The number of hydrogen-bond donors (Lipinski definition) is 1. The highest BCUT2D eigenvalue weighted by molar-refractivity contribution is 5.25. The first-order valence-corrected chi connectivity index (χ1v) is 6.66. The maximum Gasteiger partial charge on any atom is 0.219 e. The van der Waals surface area contributed by atoms with Crippen molar-refractivity contribution in [1.82, 2.24) is 4.98 Å². The Labute approximate surface area is 108 Å². The van der Waals surface area contributed by atoms with E-state index in [1.54, 1.807) is 0 Å². The van der Waals surface area contributed by atoms with Crippen molar-refractivity contribution in [2.45, 2.75) is 52.1 Å². The Morgan fingerprint density at radius 3 is 2.67 bits per heavy atom. The minimum Gasteiger partial charge on any atom is -0.477 e. The molecule has 3 nitrogen and oxygen atoms in total. The molecule has 1 heterocycles. The summed E-state index contributed by atoms with van der Waals surface area (Å²) < 4.78 is 18.3. The molecule has 0 bridgehead atoms. The summed E-state index contributed by atoms with van der Waals surface area (Å²) in [7, 11) is 0. The number of nitrogens with zero attached hydrogens (tertiary/aromatic N) is 1. The number of aromatic nitrogens is 1. The number of aliphatic hydroxyl groups is 1. The van der Waals surface area contributed by atoms with Crippen molar-refractivity contribution in [3.05, 3.63) is 23.6 Å². The van der Waals surface area contributed by atoms with E-state index in [1.807, 2.05) is 0 Å². The van der Waals surface area contributed by atoms with Crippen LogP contribution in [0.3, 0.4) is 0 Å². The number of aliphatic hydroxyl groups excluding tert-OH is 1. The summed E-state index contributed by atoms with van der Waals surface area (Å²) >= 11 is 0. The van der Waals surface area contributed by atoms with E-state index >= 15 is 0 Å². The van der Waals surface area contributed by atoms with Crippen molar-refractivity contribution in [2.24, 2.45) is 0 Å². The van der Waals surface area contributed by atoms with Gasteiger partial charge in [-0.3, -0.25) is 0 Å². The molecule has 18 heavy (non-hydrogen) atoms. The van der Waals surface area contributed by atoms with Gasteiger partial charge in [0.15, 0.2) is 0 Å². The molecule has 0 aliphatic heterocycles. The highest BCUT2D eigenvalue weighted by Crippen LogP contribution is 2.16. The molecule has 0 aliphatic rings. The Morgan fingerprint density at radius 2 is 1.94 bits per heavy atom. The number of hydrogen-bond acceptors (Lipinski definition) is 3. The molecule has 0 atom stereocenters. The lowest BCUT2D eigenvalue weighted by Crippen LogP contribution is -2.03. The van der Waals surface area contributed by atoms with Crippen LogP contribution in [-0.2, 0) is 6.61 Å². The minimum absolute atomic E-state index is 0.253. The first-order chi connectivity index (χ1) is 8.77. The molecule has 1 aromatic rings. The number of rotatable bonds is 9. The van der Waals surface area contributed by atoms with Crippen LogP contribution >= 0.6 is 0 Å². The van der Waals surface area contributed by atoms with Gasteiger partial charge in [-0.1, -0.05) is 39.0 Å². The second-order valence-corrected chi connectivity index (χ2v) is 4.39. The summed E-state index contributed by atoms with van der Waals surface area (Å²) in [5.41, 5.74) is 0.404. The normalized spacial score (nSPS) is 10.6. The van der Waals surface area contributed by atoms with Crippen molar-refractivity contribution in [3.8, 4) is 5.88 Å². The maximum atomic E-state index is 12.9. The van der Waals surface area contributed by atoms with Crippen LogP contribution in [0.1, 0.15) is 51.0 Å². The fraction of sp³-hybridized carbons (Fsp3) is 0.643. The Bertz CT molecular complexity index is 345. The van der Waals surface area contributed by atoms with Gasteiger partial charge in [0, 0.05) is 5.56 Å². The predicted octanol–water partition coefficient (Wildman–Crippen LogP) is 3.45. The van der Waals surface area contributed by atoms with E-state index in [1.165, 1.54) is 31.7 Å². The zero-order valence-corrected chi connectivity index (χ0v) is 11.0. The largest absolute Gasteiger partial charge is 0.477 e. The zero-order chi connectivity index (χ0) is 13.2. The Balaban J connectivity index is 2.22. The van der Waals surface area contributed by atoms with E-state index in [4.69, 9.17) is 9.84 Å². The van der Waals surface area contributed by atoms with Crippen molar-refractivity contribution >= 4 is 0 Å². The molecule has 102 valence electrons. The number of pyridine rings is 1. The summed E-state index contributed by atoms with van der Waals surface area (Å²) in [4.78, 5) is 3.84. The molecule has 1 N–H and O–H groups in total. The van der Waals surface area contributed by atoms with Gasteiger partial charge in [0.25, 0.3) is 0 Å². The molecule has 0 spiro atoms. The maximum absolute atomic E-state index is 12.9. The lowest BCUT2D eigenvalue weighted by atomic mass is 10.1. The summed E-state index contributed by atoms with van der Waals surface area (Å²) in [6, 6.07) is 1.25. The number of halogens is 1. The van der Waals surface area contributed by atoms with Gasteiger partial charge in [-0.15, -0.1) is 0 Å². The van der Waals surface area contributed by atoms with Crippen molar-refractivity contribution in [3.63, 3.8) is 0 Å². The molecule has 1 rings (SSSR count). The SMILES string of the molecule is CCCCCCCCOc1ncc(F)cc1CO. The Hall–Kier alpha value is -1.16. The lowest BCUT2D eigenvalue weighted by molar-refractivity contribution is 0.252.